The van der Waals surface area contributed by atoms with Crippen LogP contribution in [0.3, 0.4) is 0 Å². The van der Waals surface area contributed by atoms with E-state index in [0.717, 1.165) is 5.56 Å². The lowest BCUT2D eigenvalue weighted by molar-refractivity contribution is 0.0681. The summed E-state index contributed by atoms with van der Waals surface area (Å²) in [5.74, 6) is -0.119. The number of likely N-dealkylation sites (N-methyl/N-ethyl adjacent to an activating group) is 1. The third-order valence-electron chi connectivity index (χ3n) is 2.74. The van der Waals surface area contributed by atoms with Crippen molar-refractivity contribution in [1.29, 1.82) is 0 Å². The molecule has 0 aliphatic heterocycles. The first-order valence-electron chi connectivity index (χ1n) is 5.21. The fourth-order valence-electron chi connectivity index (χ4n) is 1.38. The van der Waals surface area contributed by atoms with Crippen LogP contribution in [0.4, 0.5) is 5.69 Å². The van der Waals surface area contributed by atoms with Crippen molar-refractivity contribution in [2.24, 2.45) is 0 Å². The van der Waals surface area contributed by atoms with Gasteiger partial charge in [0.05, 0.1) is 12.6 Å². The zero-order chi connectivity index (χ0) is 12.3. The van der Waals surface area contributed by atoms with E-state index in [2.05, 4.69) is 0 Å². The van der Waals surface area contributed by atoms with Gasteiger partial charge in [-0.05, 0) is 31.5 Å². The Bertz CT molecular complexity index is 391. The summed E-state index contributed by atoms with van der Waals surface area (Å²) in [6.45, 7) is 3.60. The van der Waals surface area contributed by atoms with Gasteiger partial charge in [-0.1, -0.05) is 6.07 Å². The van der Waals surface area contributed by atoms with Crippen molar-refractivity contribution in [3.05, 3.63) is 29.3 Å². The number of aliphatic hydroxyl groups is 1. The molecule has 0 aliphatic carbocycles. The summed E-state index contributed by atoms with van der Waals surface area (Å²) in [5.41, 5.74) is 7.69. The van der Waals surface area contributed by atoms with Crippen LogP contribution in [0.2, 0.25) is 0 Å². The summed E-state index contributed by atoms with van der Waals surface area (Å²) >= 11 is 0. The summed E-state index contributed by atoms with van der Waals surface area (Å²) < 4.78 is 0. The number of nitrogens with zero attached hydrogens (tertiary/aromatic N) is 1. The molecule has 1 unspecified atom stereocenters. The smallest absolute Gasteiger partial charge is 0.254 e. The van der Waals surface area contributed by atoms with Crippen molar-refractivity contribution in [2.45, 2.75) is 19.9 Å². The van der Waals surface area contributed by atoms with Crippen molar-refractivity contribution in [3.8, 4) is 0 Å². The van der Waals surface area contributed by atoms with Crippen LogP contribution < -0.4 is 5.73 Å². The molecule has 0 saturated carbocycles. The predicted molar refractivity (Wildman–Crippen MR) is 64.2 cm³/mol. The monoisotopic (exact) mass is 222 g/mol. The summed E-state index contributed by atoms with van der Waals surface area (Å²) in [7, 11) is 1.67. The molecule has 1 atom stereocenters. The molecule has 1 aromatic carbocycles. The molecule has 0 radical (unpaired) electrons. The highest BCUT2D eigenvalue weighted by Gasteiger charge is 2.18. The van der Waals surface area contributed by atoms with Gasteiger partial charge in [-0.15, -0.1) is 0 Å². The Morgan fingerprint density at radius 1 is 1.56 bits per heavy atom. The van der Waals surface area contributed by atoms with Gasteiger partial charge in [-0.2, -0.15) is 0 Å². The second kappa shape index (κ2) is 4.99. The average Bonchev–Trinajstić information content (AvgIpc) is 2.29. The highest BCUT2D eigenvalue weighted by molar-refractivity contribution is 5.96. The Kier molecular flexibility index (Phi) is 3.90. The average molecular weight is 222 g/mol. The number of amides is 1. The number of aliphatic hydroxyl groups excluding tert-OH is 1. The standard InChI is InChI=1S/C12H18N2O2/c1-8-4-5-10(13)6-11(8)12(16)14(3)9(2)7-15/h4-6,9,15H,7,13H2,1-3H3. The molecule has 16 heavy (non-hydrogen) atoms. The van der Waals surface area contributed by atoms with Gasteiger partial charge >= 0.3 is 0 Å². The van der Waals surface area contributed by atoms with Gasteiger partial charge in [0.15, 0.2) is 0 Å². The molecular weight excluding hydrogens is 204 g/mol. The fraction of sp³-hybridized carbons (Fsp3) is 0.417. The Hall–Kier alpha value is -1.55. The lowest BCUT2D eigenvalue weighted by atomic mass is 10.1. The number of nitrogen functional groups attached to an aromatic ring is 1. The van der Waals surface area contributed by atoms with Gasteiger partial charge in [0.25, 0.3) is 5.91 Å². The largest absolute Gasteiger partial charge is 0.399 e. The maximum Gasteiger partial charge on any atom is 0.254 e. The molecule has 3 N–H and O–H groups in total. The molecule has 1 rings (SSSR count). The number of anilines is 1. The van der Waals surface area contributed by atoms with E-state index in [4.69, 9.17) is 10.8 Å². The molecule has 4 heteroatoms. The van der Waals surface area contributed by atoms with Crippen molar-refractivity contribution >= 4 is 11.6 Å². The van der Waals surface area contributed by atoms with E-state index in [1.807, 2.05) is 13.0 Å². The minimum Gasteiger partial charge on any atom is -0.399 e. The van der Waals surface area contributed by atoms with Gasteiger partial charge in [-0.25, -0.2) is 0 Å². The van der Waals surface area contributed by atoms with E-state index in [9.17, 15) is 4.79 Å². The van der Waals surface area contributed by atoms with Crippen LogP contribution >= 0.6 is 0 Å². The molecule has 1 amide bonds. The van der Waals surface area contributed by atoms with E-state index in [1.165, 1.54) is 4.90 Å². The Morgan fingerprint density at radius 2 is 2.19 bits per heavy atom. The van der Waals surface area contributed by atoms with E-state index in [0.29, 0.717) is 11.3 Å². The van der Waals surface area contributed by atoms with Gasteiger partial charge < -0.3 is 15.7 Å². The number of carbonyl (C=O) groups excluding carboxylic acids is 1. The van der Waals surface area contributed by atoms with Crippen LogP contribution in [0.15, 0.2) is 18.2 Å². The second-order valence-electron chi connectivity index (χ2n) is 4.02. The van der Waals surface area contributed by atoms with E-state index >= 15 is 0 Å². The number of benzene rings is 1. The van der Waals surface area contributed by atoms with E-state index < -0.39 is 0 Å². The molecule has 0 fully saturated rings. The van der Waals surface area contributed by atoms with Crippen molar-refractivity contribution in [3.63, 3.8) is 0 Å². The van der Waals surface area contributed by atoms with Crippen LogP contribution in [0.25, 0.3) is 0 Å². The molecule has 0 bridgehead atoms. The lowest BCUT2D eigenvalue weighted by Crippen LogP contribution is -2.37. The van der Waals surface area contributed by atoms with Crippen molar-refractivity contribution < 1.29 is 9.90 Å². The fourth-order valence-corrected chi connectivity index (χ4v) is 1.38. The maximum absolute atomic E-state index is 12.1. The molecule has 0 aromatic heterocycles. The summed E-state index contributed by atoms with van der Waals surface area (Å²) in [5, 5.41) is 9.01. The van der Waals surface area contributed by atoms with Crippen LogP contribution in [0, 0.1) is 6.92 Å². The Balaban J connectivity index is 3.00. The van der Waals surface area contributed by atoms with Crippen molar-refractivity contribution in [1.82, 2.24) is 4.90 Å². The third kappa shape index (κ3) is 2.52. The Labute approximate surface area is 95.7 Å². The Morgan fingerprint density at radius 3 is 2.75 bits per heavy atom. The highest BCUT2D eigenvalue weighted by atomic mass is 16.3. The number of carbonyl (C=O) groups is 1. The number of nitrogens with two attached hydrogens (primary N) is 1. The molecule has 0 heterocycles. The highest BCUT2D eigenvalue weighted by Crippen LogP contribution is 2.15. The molecule has 1 aromatic rings. The second-order valence-corrected chi connectivity index (χ2v) is 4.02. The first-order chi connectivity index (χ1) is 7.47. The minimum absolute atomic E-state index is 0.0520. The first-order valence-corrected chi connectivity index (χ1v) is 5.21. The number of hydrogen-bond donors (Lipinski definition) is 2. The minimum atomic E-state index is -0.201. The maximum atomic E-state index is 12.1. The molecular formula is C12H18N2O2. The molecule has 88 valence electrons. The topological polar surface area (TPSA) is 66.6 Å². The normalized spacial score (nSPS) is 12.2. The van der Waals surface area contributed by atoms with E-state index in [-0.39, 0.29) is 18.6 Å². The quantitative estimate of drug-likeness (QED) is 0.751. The molecule has 0 spiro atoms. The van der Waals surface area contributed by atoms with Gasteiger partial charge in [0.2, 0.25) is 0 Å². The number of rotatable bonds is 3. The number of aryl methyl sites for hydroxylation is 1. The zero-order valence-electron chi connectivity index (χ0n) is 9.90. The van der Waals surface area contributed by atoms with Gasteiger partial charge in [-0.3, -0.25) is 4.79 Å². The predicted octanol–water partition coefficient (Wildman–Crippen LogP) is 1.03. The van der Waals surface area contributed by atoms with Crippen molar-refractivity contribution in [2.75, 3.05) is 19.4 Å². The van der Waals surface area contributed by atoms with Crippen LogP contribution in [0.1, 0.15) is 22.8 Å². The van der Waals surface area contributed by atoms with Crippen LogP contribution in [-0.2, 0) is 0 Å². The third-order valence-corrected chi connectivity index (χ3v) is 2.74. The SMILES string of the molecule is Cc1ccc(N)cc1C(=O)N(C)C(C)CO. The van der Waals surface area contributed by atoms with E-state index in [1.54, 1.807) is 26.1 Å². The zero-order valence-corrected chi connectivity index (χ0v) is 9.90. The summed E-state index contributed by atoms with van der Waals surface area (Å²) in [4.78, 5) is 13.6. The molecule has 0 saturated heterocycles. The molecule has 4 nitrogen and oxygen atoms in total. The lowest BCUT2D eigenvalue weighted by Gasteiger charge is -2.24. The number of hydrogen-bond acceptors (Lipinski definition) is 3. The summed E-state index contributed by atoms with van der Waals surface area (Å²) in [6.07, 6.45) is 0. The van der Waals surface area contributed by atoms with Gasteiger partial charge in [0.1, 0.15) is 0 Å². The van der Waals surface area contributed by atoms with Crippen LogP contribution in [0.5, 0.6) is 0 Å². The van der Waals surface area contributed by atoms with Gasteiger partial charge in [0, 0.05) is 18.3 Å². The molecule has 0 aliphatic rings. The summed E-state index contributed by atoms with van der Waals surface area (Å²) in [6, 6.07) is 5.05. The van der Waals surface area contributed by atoms with Crippen LogP contribution in [-0.4, -0.2) is 35.6 Å². The first kappa shape index (κ1) is 12.5.